The van der Waals surface area contributed by atoms with E-state index in [4.69, 9.17) is 0 Å². The molecule has 0 radical (unpaired) electrons. The number of rotatable bonds is 4. The average molecular weight is 355 g/mol. The van der Waals surface area contributed by atoms with Gasteiger partial charge < -0.3 is 15.6 Å². The number of urea groups is 1. The quantitative estimate of drug-likeness (QED) is 0.410. The fourth-order valence-corrected chi connectivity index (χ4v) is 3.20. The van der Waals surface area contributed by atoms with Gasteiger partial charge in [0.05, 0.1) is 0 Å². The van der Waals surface area contributed by atoms with Gasteiger partial charge in [0, 0.05) is 28.0 Å². The maximum Gasteiger partial charge on any atom is 0.323 e. The van der Waals surface area contributed by atoms with Crippen molar-refractivity contribution in [1.82, 2.24) is 4.98 Å². The summed E-state index contributed by atoms with van der Waals surface area (Å²) in [5.41, 5.74) is 5.96. The Morgan fingerprint density at radius 2 is 1.63 bits per heavy atom. The van der Waals surface area contributed by atoms with Crippen LogP contribution >= 0.6 is 0 Å². The zero-order valence-electron chi connectivity index (χ0n) is 15.1. The number of benzene rings is 3. The SMILES string of the molecule is CCc1ccccc1NC(=O)Nc1ccc(-c2cc3ccccc3[nH]2)cc1. The van der Waals surface area contributed by atoms with Crippen LogP contribution in [0.2, 0.25) is 0 Å². The molecule has 0 aliphatic heterocycles. The van der Waals surface area contributed by atoms with Crippen LogP contribution in [0.5, 0.6) is 0 Å². The normalized spacial score (nSPS) is 10.7. The van der Waals surface area contributed by atoms with Gasteiger partial charge in [-0.25, -0.2) is 4.79 Å². The molecule has 0 saturated carbocycles. The van der Waals surface area contributed by atoms with Gasteiger partial charge in [-0.15, -0.1) is 0 Å². The maximum atomic E-state index is 12.3. The van der Waals surface area contributed by atoms with Crippen LogP contribution in [-0.4, -0.2) is 11.0 Å². The third-order valence-corrected chi connectivity index (χ3v) is 4.63. The first kappa shape index (κ1) is 16.9. The predicted molar refractivity (Wildman–Crippen MR) is 112 cm³/mol. The number of aryl methyl sites for hydroxylation is 1. The monoisotopic (exact) mass is 355 g/mol. The number of anilines is 2. The highest BCUT2D eigenvalue weighted by Crippen LogP contribution is 2.25. The van der Waals surface area contributed by atoms with Gasteiger partial charge in [0.1, 0.15) is 0 Å². The molecule has 134 valence electrons. The second-order valence-corrected chi connectivity index (χ2v) is 6.44. The molecular formula is C23H21N3O. The van der Waals surface area contributed by atoms with Crippen LogP contribution < -0.4 is 10.6 Å². The first-order chi connectivity index (χ1) is 13.2. The van der Waals surface area contributed by atoms with Crippen molar-refractivity contribution < 1.29 is 4.79 Å². The number of aromatic amines is 1. The van der Waals surface area contributed by atoms with E-state index in [2.05, 4.69) is 40.7 Å². The molecule has 4 aromatic rings. The molecule has 3 N–H and O–H groups in total. The van der Waals surface area contributed by atoms with Crippen molar-refractivity contribution in [2.75, 3.05) is 10.6 Å². The number of hydrogen-bond acceptors (Lipinski definition) is 1. The Kier molecular flexibility index (Phi) is 4.62. The number of hydrogen-bond donors (Lipinski definition) is 3. The molecule has 4 nitrogen and oxygen atoms in total. The number of aromatic nitrogens is 1. The Balaban J connectivity index is 1.46. The lowest BCUT2D eigenvalue weighted by atomic mass is 10.1. The zero-order chi connectivity index (χ0) is 18.6. The summed E-state index contributed by atoms with van der Waals surface area (Å²) in [6, 6.07) is 25.7. The molecule has 0 aliphatic rings. The molecule has 0 spiro atoms. The molecule has 0 atom stereocenters. The van der Waals surface area contributed by atoms with Crippen LogP contribution in [0, 0.1) is 0 Å². The standard InChI is InChI=1S/C23H21N3O/c1-2-16-7-3-5-9-20(16)26-23(27)24-19-13-11-17(12-14-19)22-15-18-8-4-6-10-21(18)25-22/h3-15,25H,2H2,1H3,(H2,24,26,27). The van der Waals surface area contributed by atoms with Crippen LogP contribution in [0.3, 0.4) is 0 Å². The molecule has 0 unspecified atom stereocenters. The van der Waals surface area contributed by atoms with Crippen molar-refractivity contribution in [2.24, 2.45) is 0 Å². The highest BCUT2D eigenvalue weighted by atomic mass is 16.2. The highest BCUT2D eigenvalue weighted by molar-refractivity contribution is 6.00. The molecule has 3 aromatic carbocycles. The number of amides is 2. The zero-order valence-corrected chi connectivity index (χ0v) is 15.1. The van der Waals surface area contributed by atoms with Crippen molar-refractivity contribution in [2.45, 2.75) is 13.3 Å². The van der Waals surface area contributed by atoms with E-state index in [9.17, 15) is 4.79 Å². The van der Waals surface area contributed by atoms with E-state index in [-0.39, 0.29) is 6.03 Å². The lowest BCUT2D eigenvalue weighted by Gasteiger charge is -2.11. The summed E-state index contributed by atoms with van der Waals surface area (Å²) >= 11 is 0. The highest BCUT2D eigenvalue weighted by Gasteiger charge is 2.07. The van der Waals surface area contributed by atoms with Crippen LogP contribution in [0.15, 0.2) is 78.9 Å². The molecule has 2 amide bonds. The second-order valence-electron chi connectivity index (χ2n) is 6.44. The van der Waals surface area contributed by atoms with Crippen LogP contribution in [0.1, 0.15) is 12.5 Å². The Morgan fingerprint density at radius 3 is 2.41 bits per heavy atom. The average Bonchev–Trinajstić information content (AvgIpc) is 3.13. The van der Waals surface area contributed by atoms with Gasteiger partial charge in [-0.1, -0.05) is 55.5 Å². The van der Waals surface area contributed by atoms with Gasteiger partial charge in [-0.2, -0.15) is 0 Å². The first-order valence-electron chi connectivity index (χ1n) is 9.07. The third kappa shape index (κ3) is 3.70. The summed E-state index contributed by atoms with van der Waals surface area (Å²) < 4.78 is 0. The number of H-pyrrole nitrogens is 1. The Hall–Kier alpha value is -3.53. The molecule has 4 rings (SSSR count). The lowest BCUT2D eigenvalue weighted by molar-refractivity contribution is 0.262. The van der Waals surface area contributed by atoms with Crippen molar-refractivity contribution in [1.29, 1.82) is 0 Å². The van der Waals surface area contributed by atoms with Gasteiger partial charge in [0.2, 0.25) is 0 Å². The summed E-state index contributed by atoms with van der Waals surface area (Å²) in [4.78, 5) is 15.7. The lowest BCUT2D eigenvalue weighted by Crippen LogP contribution is -2.20. The first-order valence-corrected chi connectivity index (χ1v) is 9.07. The van der Waals surface area contributed by atoms with Gasteiger partial charge in [-0.3, -0.25) is 0 Å². The number of carbonyl (C=O) groups excluding carboxylic acids is 1. The van der Waals surface area contributed by atoms with E-state index < -0.39 is 0 Å². The van der Waals surface area contributed by atoms with E-state index in [1.54, 1.807) is 0 Å². The minimum atomic E-state index is -0.241. The van der Waals surface area contributed by atoms with Gasteiger partial charge >= 0.3 is 6.03 Å². The summed E-state index contributed by atoms with van der Waals surface area (Å²) in [6.45, 7) is 2.07. The molecule has 1 heterocycles. The van der Waals surface area contributed by atoms with E-state index in [0.717, 1.165) is 40.1 Å². The minimum Gasteiger partial charge on any atom is -0.355 e. The van der Waals surface area contributed by atoms with E-state index in [1.165, 1.54) is 5.39 Å². The molecule has 1 aromatic heterocycles. The topological polar surface area (TPSA) is 56.9 Å². The van der Waals surface area contributed by atoms with Gasteiger partial charge in [-0.05, 0) is 47.9 Å². The Bertz CT molecular complexity index is 1050. The van der Waals surface area contributed by atoms with Crippen LogP contribution in [-0.2, 0) is 6.42 Å². The molecular weight excluding hydrogens is 334 g/mol. The number of para-hydroxylation sites is 2. The Morgan fingerprint density at radius 1 is 0.889 bits per heavy atom. The predicted octanol–water partition coefficient (Wildman–Crippen LogP) is 6.04. The van der Waals surface area contributed by atoms with Crippen LogP contribution in [0.25, 0.3) is 22.2 Å². The number of carbonyl (C=O) groups is 1. The van der Waals surface area contributed by atoms with Crippen molar-refractivity contribution >= 4 is 28.3 Å². The fraction of sp³-hybridized carbons (Fsp3) is 0.0870. The molecule has 4 heteroatoms. The van der Waals surface area contributed by atoms with Crippen molar-refractivity contribution in [3.63, 3.8) is 0 Å². The number of fused-ring (bicyclic) bond motifs is 1. The fourth-order valence-electron chi connectivity index (χ4n) is 3.20. The summed E-state index contributed by atoms with van der Waals surface area (Å²) in [7, 11) is 0. The number of nitrogens with one attached hydrogen (secondary N) is 3. The summed E-state index contributed by atoms with van der Waals surface area (Å²) in [5, 5.41) is 6.99. The van der Waals surface area contributed by atoms with Gasteiger partial charge in [0.25, 0.3) is 0 Å². The maximum absolute atomic E-state index is 12.3. The third-order valence-electron chi connectivity index (χ3n) is 4.63. The molecule has 0 saturated heterocycles. The smallest absolute Gasteiger partial charge is 0.323 e. The van der Waals surface area contributed by atoms with Crippen molar-refractivity contribution in [3.8, 4) is 11.3 Å². The summed E-state index contributed by atoms with van der Waals surface area (Å²) in [6.07, 6.45) is 0.871. The molecule has 0 bridgehead atoms. The van der Waals surface area contributed by atoms with E-state index >= 15 is 0 Å². The molecule has 27 heavy (non-hydrogen) atoms. The second kappa shape index (κ2) is 7.38. The Labute approximate surface area is 158 Å². The molecule has 0 fully saturated rings. The van der Waals surface area contributed by atoms with Gasteiger partial charge in [0.15, 0.2) is 0 Å². The molecule has 0 aliphatic carbocycles. The van der Waals surface area contributed by atoms with Crippen molar-refractivity contribution in [3.05, 3.63) is 84.4 Å². The van der Waals surface area contributed by atoms with Crippen LogP contribution in [0.4, 0.5) is 16.2 Å². The summed E-state index contributed by atoms with van der Waals surface area (Å²) in [5.74, 6) is 0. The minimum absolute atomic E-state index is 0.241. The van der Waals surface area contributed by atoms with E-state index in [1.807, 2.05) is 60.7 Å². The van der Waals surface area contributed by atoms with E-state index in [0.29, 0.717) is 0 Å². The largest absolute Gasteiger partial charge is 0.355 e.